The van der Waals surface area contributed by atoms with Gasteiger partial charge in [-0.2, -0.15) is 5.10 Å². The molecule has 1 rings (SSSR count). The Labute approximate surface area is 89.9 Å². The van der Waals surface area contributed by atoms with Crippen molar-refractivity contribution >= 4 is 6.03 Å². The van der Waals surface area contributed by atoms with Crippen LogP contribution in [-0.2, 0) is 13.6 Å². The second-order valence-corrected chi connectivity index (χ2v) is 3.66. The smallest absolute Gasteiger partial charge is 0.315 e. The number of aromatic nitrogens is 2. The van der Waals surface area contributed by atoms with Crippen molar-refractivity contribution in [1.29, 1.82) is 0 Å². The van der Waals surface area contributed by atoms with Crippen molar-refractivity contribution in [1.82, 2.24) is 20.4 Å². The third-order valence-electron chi connectivity index (χ3n) is 2.20. The molecule has 5 heteroatoms. The first-order valence-electron chi connectivity index (χ1n) is 5.13. The Kier molecular flexibility index (Phi) is 4.15. The lowest BCUT2D eigenvalue weighted by molar-refractivity contribution is 0.237. The minimum Gasteiger partial charge on any atom is -0.336 e. The van der Waals surface area contributed by atoms with Crippen molar-refractivity contribution in [2.45, 2.75) is 32.9 Å². The van der Waals surface area contributed by atoms with Gasteiger partial charge in [0.1, 0.15) is 0 Å². The van der Waals surface area contributed by atoms with Crippen molar-refractivity contribution in [2.24, 2.45) is 7.05 Å². The average Bonchev–Trinajstić information content (AvgIpc) is 2.61. The zero-order chi connectivity index (χ0) is 11.3. The monoisotopic (exact) mass is 210 g/mol. The van der Waals surface area contributed by atoms with Crippen LogP contribution in [0.5, 0.6) is 0 Å². The maximum absolute atomic E-state index is 11.3. The van der Waals surface area contributed by atoms with Gasteiger partial charge in [-0.25, -0.2) is 4.79 Å². The highest BCUT2D eigenvalue weighted by Crippen LogP contribution is 1.95. The van der Waals surface area contributed by atoms with E-state index in [4.69, 9.17) is 0 Å². The molecule has 0 aliphatic carbocycles. The fourth-order valence-corrected chi connectivity index (χ4v) is 1.12. The summed E-state index contributed by atoms with van der Waals surface area (Å²) in [4.78, 5) is 11.3. The van der Waals surface area contributed by atoms with E-state index in [0.717, 1.165) is 12.0 Å². The number of urea groups is 1. The molecule has 0 saturated heterocycles. The minimum absolute atomic E-state index is 0.131. The Morgan fingerprint density at radius 1 is 1.67 bits per heavy atom. The van der Waals surface area contributed by atoms with Crippen LogP contribution in [0.25, 0.3) is 0 Å². The molecule has 0 aliphatic heterocycles. The third kappa shape index (κ3) is 4.01. The maximum Gasteiger partial charge on any atom is 0.315 e. The van der Waals surface area contributed by atoms with Gasteiger partial charge in [0.15, 0.2) is 0 Å². The number of carbonyl (C=O) groups excluding carboxylic acids is 1. The number of hydrogen-bond acceptors (Lipinski definition) is 2. The highest BCUT2D eigenvalue weighted by atomic mass is 16.2. The zero-order valence-corrected chi connectivity index (χ0v) is 9.45. The fraction of sp³-hybridized carbons (Fsp3) is 0.600. The SMILES string of the molecule is CC[C@H](C)NC(=O)NCc1cnn(C)c1. The third-order valence-corrected chi connectivity index (χ3v) is 2.20. The molecular weight excluding hydrogens is 192 g/mol. The molecule has 0 radical (unpaired) electrons. The molecule has 0 spiro atoms. The summed E-state index contributed by atoms with van der Waals surface area (Å²) in [5, 5.41) is 9.62. The summed E-state index contributed by atoms with van der Waals surface area (Å²) in [6.45, 7) is 4.52. The number of nitrogens with zero attached hydrogens (tertiary/aromatic N) is 2. The van der Waals surface area contributed by atoms with Gasteiger partial charge in [0.2, 0.25) is 0 Å². The Balaban J connectivity index is 2.28. The molecule has 0 bridgehead atoms. The van der Waals surface area contributed by atoms with E-state index in [1.807, 2.05) is 27.1 Å². The van der Waals surface area contributed by atoms with Crippen molar-refractivity contribution in [3.05, 3.63) is 18.0 Å². The Hall–Kier alpha value is -1.52. The lowest BCUT2D eigenvalue weighted by Crippen LogP contribution is -2.40. The van der Waals surface area contributed by atoms with Gasteiger partial charge in [-0.15, -0.1) is 0 Å². The van der Waals surface area contributed by atoms with Crippen LogP contribution in [-0.4, -0.2) is 21.9 Å². The van der Waals surface area contributed by atoms with Gasteiger partial charge in [0, 0.05) is 31.4 Å². The highest BCUT2D eigenvalue weighted by Gasteiger charge is 2.04. The summed E-state index contributed by atoms with van der Waals surface area (Å²) in [5.74, 6) is 0. The molecule has 5 nitrogen and oxygen atoms in total. The van der Waals surface area contributed by atoms with Crippen LogP contribution in [0, 0.1) is 0 Å². The van der Waals surface area contributed by atoms with Crippen molar-refractivity contribution in [3.8, 4) is 0 Å². The largest absolute Gasteiger partial charge is 0.336 e. The standard InChI is InChI=1S/C10H18N4O/c1-4-8(2)13-10(15)11-5-9-6-12-14(3)7-9/h6-8H,4-5H2,1-3H3,(H2,11,13,15)/t8-/m0/s1. The van der Waals surface area contributed by atoms with Crippen LogP contribution in [0.4, 0.5) is 4.79 Å². The lowest BCUT2D eigenvalue weighted by atomic mass is 10.3. The van der Waals surface area contributed by atoms with Crippen molar-refractivity contribution < 1.29 is 4.79 Å². The summed E-state index contributed by atoms with van der Waals surface area (Å²) in [6, 6.07) is 0.0760. The molecule has 2 N–H and O–H groups in total. The Morgan fingerprint density at radius 2 is 2.40 bits per heavy atom. The van der Waals surface area contributed by atoms with E-state index in [1.54, 1.807) is 10.9 Å². The van der Waals surface area contributed by atoms with Crippen LogP contribution >= 0.6 is 0 Å². The Morgan fingerprint density at radius 3 is 2.93 bits per heavy atom. The van der Waals surface area contributed by atoms with E-state index in [1.165, 1.54) is 0 Å². The van der Waals surface area contributed by atoms with Crippen LogP contribution in [0.2, 0.25) is 0 Å². The van der Waals surface area contributed by atoms with Crippen LogP contribution in [0.1, 0.15) is 25.8 Å². The van der Waals surface area contributed by atoms with E-state index >= 15 is 0 Å². The van der Waals surface area contributed by atoms with E-state index in [9.17, 15) is 4.79 Å². The van der Waals surface area contributed by atoms with Gasteiger partial charge in [0.05, 0.1) is 6.20 Å². The second kappa shape index (κ2) is 5.38. The normalized spacial score (nSPS) is 12.2. The average molecular weight is 210 g/mol. The van der Waals surface area contributed by atoms with Crippen molar-refractivity contribution in [2.75, 3.05) is 0 Å². The molecule has 0 unspecified atom stereocenters. The predicted molar refractivity (Wildman–Crippen MR) is 58.3 cm³/mol. The van der Waals surface area contributed by atoms with Crippen molar-refractivity contribution in [3.63, 3.8) is 0 Å². The molecule has 1 aromatic rings. The number of rotatable bonds is 4. The summed E-state index contributed by atoms with van der Waals surface area (Å²) in [6.07, 6.45) is 4.55. The van der Waals surface area contributed by atoms with Crippen LogP contribution < -0.4 is 10.6 Å². The molecule has 0 aliphatic rings. The molecule has 1 aromatic heterocycles. The van der Waals surface area contributed by atoms with E-state index in [0.29, 0.717) is 6.54 Å². The van der Waals surface area contributed by atoms with Gasteiger partial charge in [-0.3, -0.25) is 4.68 Å². The first kappa shape index (κ1) is 11.6. The quantitative estimate of drug-likeness (QED) is 0.779. The first-order valence-corrected chi connectivity index (χ1v) is 5.13. The molecular formula is C10H18N4O. The highest BCUT2D eigenvalue weighted by molar-refractivity contribution is 5.74. The lowest BCUT2D eigenvalue weighted by Gasteiger charge is -2.11. The maximum atomic E-state index is 11.3. The van der Waals surface area contributed by atoms with E-state index < -0.39 is 0 Å². The van der Waals surface area contributed by atoms with Crippen LogP contribution in [0.3, 0.4) is 0 Å². The van der Waals surface area contributed by atoms with Gasteiger partial charge in [-0.05, 0) is 13.3 Å². The Bertz CT molecular complexity index is 321. The molecule has 15 heavy (non-hydrogen) atoms. The van der Waals surface area contributed by atoms with Crippen LogP contribution in [0.15, 0.2) is 12.4 Å². The summed E-state index contributed by atoms with van der Waals surface area (Å²) < 4.78 is 1.71. The number of nitrogens with one attached hydrogen (secondary N) is 2. The topological polar surface area (TPSA) is 59.0 Å². The number of aryl methyl sites for hydroxylation is 1. The molecule has 0 saturated carbocycles. The summed E-state index contributed by atoms with van der Waals surface area (Å²) in [5.41, 5.74) is 0.997. The second-order valence-electron chi connectivity index (χ2n) is 3.66. The molecule has 2 amide bonds. The molecule has 1 heterocycles. The summed E-state index contributed by atoms with van der Waals surface area (Å²) in [7, 11) is 1.85. The van der Waals surface area contributed by atoms with E-state index in [2.05, 4.69) is 15.7 Å². The fourth-order valence-electron chi connectivity index (χ4n) is 1.12. The first-order chi connectivity index (χ1) is 7.11. The number of carbonyl (C=O) groups is 1. The molecule has 0 aromatic carbocycles. The van der Waals surface area contributed by atoms with Gasteiger partial charge >= 0.3 is 6.03 Å². The zero-order valence-electron chi connectivity index (χ0n) is 9.45. The van der Waals surface area contributed by atoms with Gasteiger partial charge < -0.3 is 10.6 Å². The van der Waals surface area contributed by atoms with Gasteiger partial charge in [0.25, 0.3) is 0 Å². The van der Waals surface area contributed by atoms with Gasteiger partial charge in [-0.1, -0.05) is 6.92 Å². The summed E-state index contributed by atoms with van der Waals surface area (Å²) >= 11 is 0. The minimum atomic E-state index is -0.131. The molecule has 1 atom stereocenters. The molecule has 0 fully saturated rings. The molecule has 84 valence electrons. The van der Waals surface area contributed by atoms with E-state index in [-0.39, 0.29) is 12.1 Å². The number of hydrogen-bond donors (Lipinski definition) is 2. The predicted octanol–water partition coefficient (Wildman–Crippen LogP) is 1.02. The number of amides is 2.